The summed E-state index contributed by atoms with van der Waals surface area (Å²) in [5, 5.41) is 13.6. The van der Waals surface area contributed by atoms with E-state index >= 15 is 0 Å². The zero-order chi connectivity index (χ0) is 35.3. The van der Waals surface area contributed by atoms with Crippen molar-refractivity contribution in [3.63, 3.8) is 0 Å². The molecule has 0 saturated carbocycles. The van der Waals surface area contributed by atoms with Gasteiger partial charge in [-0.15, -0.1) is 20.4 Å². The molecule has 0 radical (unpaired) electrons. The number of hydrogen-bond donors (Lipinski definition) is 1. The van der Waals surface area contributed by atoms with Gasteiger partial charge in [0.15, 0.2) is 11.6 Å². The molecule has 0 bridgehead atoms. The van der Waals surface area contributed by atoms with Crippen LogP contribution in [0.25, 0.3) is 22.9 Å². The lowest BCUT2D eigenvalue weighted by Crippen LogP contribution is -2.23. The number of nitrogens with one attached hydrogen (secondary N) is 1. The number of aromatic amines is 1. The first-order valence-corrected chi connectivity index (χ1v) is 15.0. The van der Waals surface area contributed by atoms with E-state index in [-0.39, 0.29) is 41.0 Å². The van der Waals surface area contributed by atoms with Crippen LogP contribution in [0.3, 0.4) is 0 Å². The zero-order valence-corrected chi connectivity index (χ0v) is 26.5. The summed E-state index contributed by atoms with van der Waals surface area (Å²) in [4.78, 5) is 48.5. The maximum absolute atomic E-state index is 12.4. The van der Waals surface area contributed by atoms with Crippen LogP contribution >= 0.6 is 15.9 Å². The number of aromatic nitrogens is 6. The van der Waals surface area contributed by atoms with Crippen LogP contribution in [0.15, 0.2) is 116 Å². The highest BCUT2D eigenvalue weighted by atomic mass is 79.9. The van der Waals surface area contributed by atoms with Gasteiger partial charge in [0, 0.05) is 46.8 Å². The Hall–Kier alpha value is -5.84. The predicted molar refractivity (Wildman–Crippen MR) is 170 cm³/mol. The normalized spacial score (nSPS) is 10.6. The molecule has 49 heavy (non-hydrogen) atoms. The fourth-order valence-electron chi connectivity index (χ4n) is 3.80. The number of rotatable bonds is 9. The molecule has 0 aliphatic heterocycles. The molecule has 17 heteroatoms. The summed E-state index contributed by atoms with van der Waals surface area (Å²) in [6.45, 7) is -0.130. The number of H-pyrrole nitrogens is 1. The Morgan fingerprint density at radius 3 is 1.67 bits per heavy atom. The predicted octanol–water partition coefficient (Wildman–Crippen LogP) is 6.35. The van der Waals surface area contributed by atoms with E-state index in [0.717, 1.165) is 11.6 Å². The quantitative estimate of drug-likeness (QED) is 0.100. The second kappa shape index (κ2) is 17.4. The third-order valence-electron chi connectivity index (χ3n) is 6.15. The Balaban J connectivity index is 0.000000184. The van der Waals surface area contributed by atoms with Gasteiger partial charge in [-0.25, -0.2) is 0 Å². The average molecular weight is 743 g/mol. The Morgan fingerprint density at radius 2 is 1.22 bits per heavy atom. The maximum atomic E-state index is 12.4. The summed E-state index contributed by atoms with van der Waals surface area (Å²) in [6, 6.07) is 23.1. The van der Waals surface area contributed by atoms with E-state index in [1.165, 1.54) is 35.2 Å². The van der Waals surface area contributed by atoms with Crippen molar-refractivity contribution in [2.24, 2.45) is 0 Å². The van der Waals surface area contributed by atoms with E-state index in [1.54, 1.807) is 30.3 Å². The number of benzene rings is 2. The lowest BCUT2D eigenvalue weighted by molar-refractivity contribution is 0.0969. The Kier molecular flexibility index (Phi) is 12.7. The molecule has 0 amide bonds. The third kappa shape index (κ3) is 10.3. The van der Waals surface area contributed by atoms with Crippen molar-refractivity contribution in [3.8, 4) is 22.9 Å². The summed E-state index contributed by atoms with van der Waals surface area (Å²) in [5.74, 6) is -1.94. The smallest absolute Gasteiger partial charge is 0.314 e. The molecule has 4 heterocycles. The van der Waals surface area contributed by atoms with Crippen LogP contribution in [-0.4, -0.2) is 46.8 Å². The molecule has 252 valence electrons. The largest absolute Gasteiger partial charge is 0.415 e. The van der Waals surface area contributed by atoms with Gasteiger partial charge >= 0.3 is 12.9 Å². The molecule has 2 aromatic carbocycles. The minimum absolute atomic E-state index is 0.101. The van der Waals surface area contributed by atoms with Crippen LogP contribution < -0.4 is 11.1 Å². The van der Waals surface area contributed by atoms with Crippen molar-refractivity contribution >= 4 is 27.5 Å². The first kappa shape index (κ1) is 36.0. The van der Waals surface area contributed by atoms with Gasteiger partial charge in [-0.2, -0.15) is 17.6 Å². The van der Waals surface area contributed by atoms with E-state index < -0.39 is 30.2 Å². The molecular weight excluding hydrogens is 720 g/mol. The highest BCUT2D eigenvalue weighted by Crippen LogP contribution is 2.23. The van der Waals surface area contributed by atoms with Gasteiger partial charge in [0.05, 0.1) is 11.9 Å². The first-order chi connectivity index (χ1) is 23.5. The van der Waals surface area contributed by atoms with E-state index in [1.807, 2.05) is 30.3 Å². The van der Waals surface area contributed by atoms with Crippen LogP contribution in [0, 0.1) is 0 Å². The van der Waals surface area contributed by atoms with Crippen LogP contribution in [0.2, 0.25) is 0 Å². The summed E-state index contributed by atoms with van der Waals surface area (Å²) in [6.07, 6.45) is -2.95. The standard InChI is InChI=1S/C16H11F2N3O3.C8H7BrO.C8H5F2N3O2/c17-14(18)16-20-19-15(24-16)11-6-7-21(13(23)8-11)9-12(22)10-4-2-1-3-5-10;9-6-8(10)7-4-2-1-3-5-7;9-6(10)8-13-12-7(15-8)4-1-2-11-5(14)3-4/h1-8,14H,9H2;1-5H,6H2;1-3,6H,(H,11,14). The SMILES string of the molecule is O=C(CBr)c1ccccc1.O=C(Cn1ccc(-c2nnc(C(F)F)o2)cc1=O)c1ccccc1.O=c1cc(-c2nnc(C(F)F)o2)cc[nH]1. The lowest BCUT2D eigenvalue weighted by Gasteiger charge is -2.05. The molecule has 0 atom stereocenters. The molecule has 12 nitrogen and oxygen atoms in total. The molecule has 4 aromatic heterocycles. The zero-order valence-electron chi connectivity index (χ0n) is 24.9. The van der Waals surface area contributed by atoms with E-state index in [0.29, 0.717) is 16.5 Å². The maximum Gasteiger partial charge on any atom is 0.314 e. The molecule has 0 unspecified atom stereocenters. The second-order valence-corrected chi connectivity index (χ2v) is 10.1. The summed E-state index contributed by atoms with van der Waals surface area (Å²) < 4.78 is 59.8. The molecule has 0 spiro atoms. The molecular formula is C32H23BrF4N6O6. The fraction of sp³-hybridized carbons (Fsp3) is 0.125. The average Bonchev–Trinajstić information content (AvgIpc) is 3.82. The second-order valence-electron chi connectivity index (χ2n) is 9.53. The minimum Gasteiger partial charge on any atom is -0.415 e. The number of pyridine rings is 2. The van der Waals surface area contributed by atoms with Crippen molar-refractivity contribution in [2.45, 2.75) is 19.4 Å². The number of carbonyl (C=O) groups excluding carboxylic acids is 2. The Labute approximate surface area is 281 Å². The number of halogens is 5. The number of alkyl halides is 5. The van der Waals surface area contributed by atoms with E-state index in [9.17, 15) is 36.7 Å². The molecule has 6 rings (SSSR count). The van der Waals surface area contributed by atoms with Crippen molar-refractivity contribution in [1.82, 2.24) is 29.9 Å². The van der Waals surface area contributed by atoms with Gasteiger partial charge < -0.3 is 18.4 Å². The minimum atomic E-state index is -2.88. The first-order valence-electron chi connectivity index (χ1n) is 13.9. The van der Waals surface area contributed by atoms with E-state index in [2.05, 4.69) is 45.7 Å². The highest BCUT2D eigenvalue weighted by molar-refractivity contribution is 9.09. The molecule has 6 aromatic rings. The monoisotopic (exact) mass is 742 g/mol. The molecule has 0 fully saturated rings. The number of nitrogens with zero attached hydrogens (tertiary/aromatic N) is 5. The molecule has 0 aliphatic carbocycles. The summed E-state index contributed by atoms with van der Waals surface area (Å²) in [7, 11) is 0. The van der Waals surface area contributed by atoms with Gasteiger partial charge in [-0.1, -0.05) is 76.6 Å². The van der Waals surface area contributed by atoms with Crippen LogP contribution in [0.4, 0.5) is 17.6 Å². The van der Waals surface area contributed by atoms with Gasteiger partial charge in [0.1, 0.15) is 0 Å². The number of hydrogen-bond acceptors (Lipinski definition) is 10. The van der Waals surface area contributed by atoms with Crippen LogP contribution in [-0.2, 0) is 6.54 Å². The van der Waals surface area contributed by atoms with Gasteiger partial charge in [0.2, 0.25) is 17.3 Å². The van der Waals surface area contributed by atoms with Crippen LogP contribution in [0.1, 0.15) is 45.3 Å². The Bertz CT molecular complexity index is 2100. The van der Waals surface area contributed by atoms with Crippen molar-refractivity contribution in [3.05, 3.63) is 141 Å². The molecule has 0 aliphatic rings. The van der Waals surface area contributed by atoms with Gasteiger partial charge in [-0.3, -0.25) is 19.2 Å². The van der Waals surface area contributed by atoms with E-state index in [4.69, 9.17) is 4.42 Å². The Morgan fingerprint density at radius 1 is 0.714 bits per heavy atom. The molecule has 1 N–H and O–H groups in total. The number of carbonyl (C=O) groups is 2. The van der Waals surface area contributed by atoms with Gasteiger partial charge in [0.25, 0.3) is 17.3 Å². The fourth-order valence-corrected chi connectivity index (χ4v) is 4.12. The number of ketones is 2. The third-order valence-corrected chi connectivity index (χ3v) is 6.66. The van der Waals surface area contributed by atoms with Crippen LogP contribution in [0.5, 0.6) is 0 Å². The van der Waals surface area contributed by atoms with Gasteiger partial charge in [-0.05, 0) is 12.1 Å². The topological polar surface area (TPSA) is 167 Å². The van der Waals surface area contributed by atoms with Crippen molar-refractivity contribution in [2.75, 3.05) is 5.33 Å². The summed E-state index contributed by atoms with van der Waals surface area (Å²) >= 11 is 3.10. The summed E-state index contributed by atoms with van der Waals surface area (Å²) in [5.41, 5.74) is 0.921. The van der Waals surface area contributed by atoms with Crippen molar-refractivity contribution in [1.29, 1.82) is 0 Å². The highest BCUT2D eigenvalue weighted by Gasteiger charge is 2.18. The molecule has 0 saturated heterocycles. The van der Waals surface area contributed by atoms with Crippen molar-refractivity contribution < 1.29 is 36.0 Å². The number of Topliss-reactive ketones (excluding diaryl/α,β-unsaturated/α-hetero) is 2. The lowest BCUT2D eigenvalue weighted by atomic mass is 10.1.